The van der Waals surface area contributed by atoms with Gasteiger partial charge >= 0.3 is 0 Å². The Bertz CT molecular complexity index is 2650. The predicted molar refractivity (Wildman–Crippen MR) is 195 cm³/mol. The van der Waals surface area contributed by atoms with Crippen LogP contribution in [0.15, 0.2) is 150 Å². The molecule has 46 heavy (non-hydrogen) atoms. The lowest BCUT2D eigenvalue weighted by atomic mass is 9.79. The summed E-state index contributed by atoms with van der Waals surface area (Å²) in [6.45, 7) is 4.77. The van der Waals surface area contributed by atoms with E-state index in [0.29, 0.717) is 0 Å². The molecule has 0 spiro atoms. The minimum Gasteiger partial charge on any atom is -0.455 e. The van der Waals surface area contributed by atoms with E-state index in [1.54, 1.807) is 0 Å². The molecule has 10 rings (SSSR count). The molecule has 0 radical (unpaired) electrons. The van der Waals surface area contributed by atoms with Crippen LogP contribution in [-0.4, -0.2) is 0 Å². The minimum atomic E-state index is -0.210. The highest BCUT2D eigenvalue weighted by Crippen LogP contribution is 2.55. The third-order valence-corrected chi connectivity index (χ3v) is 10.4. The summed E-state index contributed by atoms with van der Waals surface area (Å²) in [5, 5.41) is 9.93. The molecule has 0 amide bonds. The molecule has 1 heteroatoms. The van der Waals surface area contributed by atoms with Crippen molar-refractivity contribution in [2.24, 2.45) is 0 Å². The summed E-state index contributed by atoms with van der Waals surface area (Å²) in [7, 11) is 0. The highest BCUT2D eigenvalue weighted by atomic mass is 16.3. The van der Waals surface area contributed by atoms with Gasteiger partial charge in [0.25, 0.3) is 0 Å². The van der Waals surface area contributed by atoms with Crippen LogP contribution < -0.4 is 0 Å². The van der Waals surface area contributed by atoms with Crippen LogP contribution in [0.1, 0.15) is 25.0 Å². The molecule has 0 bridgehead atoms. The number of rotatable bonds is 2. The lowest BCUT2D eigenvalue weighted by Gasteiger charge is -2.23. The van der Waals surface area contributed by atoms with Crippen molar-refractivity contribution in [3.63, 3.8) is 0 Å². The zero-order valence-corrected chi connectivity index (χ0v) is 25.8. The fourth-order valence-electron chi connectivity index (χ4n) is 8.41. The molecule has 1 heterocycles. The van der Waals surface area contributed by atoms with Crippen LogP contribution in [0.25, 0.3) is 87.6 Å². The van der Waals surface area contributed by atoms with Crippen LogP contribution in [0.3, 0.4) is 0 Å². The molecule has 216 valence electrons. The van der Waals surface area contributed by atoms with Crippen LogP contribution in [0.4, 0.5) is 0 Å². The lowest BCUT2D eigenvalue weighted by Crippen LogP contribution is -2.15. The van der Waals surface area contributed by atoms with Crippen molar-refractivity contribution >= 4 is 54.3 Å². The quantitative estimate of drug-likeness (QED) is 0.184. The molecule has 1 aliphatic carbocycles. The average molecular weight is 587 g/mol. The van der Waals surface area contributed by atoms with E-state index in [-0.39, 0.29) is 5.41 Å². The van der Waals surface area contributed by atoms with Crippen molar-refractivity contribution in [3.05, 3.63) is 157 Å². The zero-order valence-electron chi connectivity index (χ0n) is 25.8. The predicted octanol–water partition coefficient (Wildman–Crippen LogP) is 12.7. The zero-order chi connectivity index (χ0) is 30.6. The summed E-state index contributed by atoms with van der Waals surface area (Å²) >= 11 is 0. The van der Waals surface area contributed by atoms with E-state index in [9.17, 15) is 0 Å². The molecule has 1 nitrogen and oxygen atoms in total. The molecule has 0 aliphatic heterocycles. The second kappa shape index (κ2) is 9.19. The molecule has 0 N–H and O–H groups in total. The fraction of sp³-hybridized carbons (Fsp3) is 0.0667. The molecule has 0 saturated carbocycles. The first-order chi connectivity index (χ1) is 22.6. The molecular weight excluding hydrogens is 556 g/mol. The van der Waals surface area contributed by atoms with Crippen molar-refractivity contribution in [3.8, 4) is 33.4 Å². The maximum Gasteiger partial charge on any atom is 0.143 e. The SMILES string of the molecule is CC1(C)c2cc(-c3c4ccccc4c(-c4ccccc4)c4ccccc34)ccc2-c2ccc3oc4c5ccccc5ccc4c3c21. The van der Waals surface area contributed by atoms with Crippen molar-refractivity contribution in [1.82, 2.24) is 0 Å². The summed E-state index contributed by atoms with van der Waals surface area (Å²) in [5.41, 5.74) is 12.2. The van der Waals surface area contributed by atoms with Gasteiger partial charge in [0.15, 0.2) is 0 Å². The first kappa shape index (κ1) is 25.6. The van der Waals surface area contributed by atoms with Crippen molar-refractivity contribution in [1.29, 1.82) is 0 Å². The van der Waals surface area contributed by atoms with Gasteiger partial charge in [-0.25, -0.2) is 0 Å². The smallest absolute Gasteiger partial charge is 0.143 e. The normalized spacial score (nSPS) is 13.6. The Labute approximate surface area is 267 Å². The molecule has 1 aliphatic rings. The Hall–Kier alpha value is -5.66. The largest absolute Gasteiger partial charge is 0.455 e. The molecular formula is C45H30O. The van der Waals surface area contributed by atoms with E-state index in [0.717, 1.165) is 11.2 Å². The molecule has 0 atom stereocenters. The van der Waals surface area contributed by atoms with Gasteiger partial charge in [-0.15, -0.1) is 0 Å². The second-order valence-corrected chi connectivity index (χ2v) is 13.2. The second-order valence-electron chi connectivity index (χ2n) is 13.2. The number of hydrogen-bond acceptors (Lipinski definition) is 1. The number of furan rings is 1. The van der Waals surface area contributed by atoms with E-state index in [4.69, 9.17) is 4.42 Å². The van der Waals surface area contributed by atoms with Gasteiger partial charge in [-0.3, -0.25) is 0 Å². The van der Waals surface area contributed by atoms with Gasteiger partial charge < -0.3 is 4.42 Å². The average Bonchev–Trinajstić information content (AvgIpc) is 3.59. The van der Waals surface area contributed by atoms with E-state index >= 15 is 0 Å². The Morgan fingerprint density at radius 1 is 0.457 bits per heavy atom. The summed E-state index contributed by atoms with van der Waals surface area (Å²) in [4.78, 5) is 0. The van der Waals surface area contributed by atoms with Crippen LogP contribution in [0.5, 0.6) is 0 Å². The summed E-state index contributed by atoms with van der Waals surface area (Å²) < 4.78 is 6.62. The monoisotopic (exact) mass is 586 g/mol. The third-order valence-electron chi connectivity index (χ3n) is 10.4. The van der Waals surface area contributed by atoms with Crippen LogP contribution >= 0.6 is 0 Å². The van der Waals surface area contributed by atoms with Crippen LogP contribution in [-0.2, 0) is 5.41 Å². The fourth-order valence-corrected chi connectivity index (χ4v) is 8.41. The number of benzene rings is 8. The van der Waals surface area contributed by atoms with E-state index in [1.165, 1.54) is 87.6 Å². The first-order valence-corrected chi connectivity index (χ1v) is 16.1. The molecule has 8 aromatic carbocycles. The van der Waals surface area contributed by atoms with Gasteiger partial charge in [0.1, 0.15) is 11.2 Å². The highest BCUT2D eigenvalue weighted by Gasteiger charge is 2.38. The van der Waals surface area contributed by atoms with Gasteiger partial charge in [-0.2, -0.15) is 0 Å². The maximum atomic E-state index is 6.62. The van der Waals surface area contributed by atoms with E-state index in [2.05, 4.69) is 159 Å². The van der Waals surface area contributed by atoms with Crippen molar-refractivity contribution < 1.29 is 4.42 Å². The van der Waals surface area contributed by atoms with Gasteiger partial charge in [0.2, 0.25) is 0 Å². The minimum absolute atomic E-state index is 0.210. The Morgan fingerprint density at radius 3 is 1.74 bits per heavy atom. The first-order valence-electron chi connectivity index (χ1n) is 16.1. The number of hydrogen-bond donors (Lipinski definition) is 0. The molecule has 1 aromatic heterocycles. The maximum absolute atomic E-state index is 6.62. The molecule has 9 aromatic rings. The van der Waals surface area contributed by atoms with Gasteiger partial charge in [-0.05, 0) is 89.6 Å². The summed E-state index contributed by atoms with van der Waals surface area (Å²) in [6.07, 6.45) is 0. The standard InChI is InChI=1S/C45H30O/c1-45(2)38-26-29(41-34-18-10-8-16-32(34)40(28-13-4-3-5-14-28)33-17-9-11-19-35(33)41)21-22-31(38)36-24-25-39-42(43(36)45)37-23-20-27-12-6-7-15-30(27)44(37)46-39/h3-26H,1-2H3. The van der Waals surface area contributed by atoms with Crippen molar-refractivity contribution in [2.75, 3.05) is 0 Å². The summed E-state index contributed by atoms with van der Waals surface area (Å²) in [5.74, 6) is 0. The Balaban J connectivity index is 1.24. The lowest BCUT2D eigenvalue weighted by molar-refractivity contribution is 0.658. The van der Waals surface area contributed by atoms with E-state index < -0.39 is 0 Å². The highest BCUT2D eigenvalue weighted by molar-refractivity contribution is 6.22. The van der Waals surface area contributed by atoms with Crippen molar-refractivity contribution in [2.45, 2.75) is 19.3 Å². The van der Waals surface area contributed by atoms with Crippen LogP contribution in [0, 0.1) is 0 Å². The van der Waals surface area contributed by atoms with Crippen LogP contribution in [0.2, 0.25) is 0 Å². The number of fused-ring (bicyclic) bond motifs is 11. The summed E-state index contributed by atoms with van der Waals surface area (Å²) in [6, 6.07) is 53.3. The topological polar surface area (TPSA) is 13.1 Å². The van der Waals surface area contributed by atoms with Gasteiger partial charge in [-0.1, -0.05) is 141 Å². The Morgan fingerprint density at radius 2 is 1.04 bits per heavy atom. The molecule has 0 saturated heterocycles. The third kappa shape index (κ3) is 3.35. The molecule has 0 fully saturated rings. The van der Waals surface area contributed by atoms with E-state index in [1.807, 2.05) is 0 Å². The van der Waals surface area contributed by atoms with Gasteiger partial charge in [0.05, 0.1) is 0 Å². The van der Waals surface area contributed by atoms with Gasteiger partial charge in [0, 0.05) is 21.6 Å². The Kier molecular flexibility index (Phi) is 5.12. The molecule has 0 unspecified atom stereocenters.